The monoisotopic (exact) mass is 430 g/mol. The number of hydrogen-bond donors (Lipinski definition) is 0. The molecule has 1 aliphatic carbocycles. The third-order valence-corrected chi connectivity index (χ3v) is 6.64. The fourth-order valence-corrected chi connectivity index (χ4v) is 4.91. The predicted molar refractivity (Wildman–Crippen MR) is 118 cm³/mol. The van der Waals surface area contributed by atoms with Crippen molar-refractivity contribution in [3.8, 4) is 0 Å². The van der Waals surface area contributed by atoms with Crippen LogP contribution < -0.4 is 4.96 Å². The highest BCUT2D eigenvalue weighted by Gasteiger charge is 2.39. The Morgan fingerprint density at radius 1 is 0.906 bits per heavy atom. The second-order valence-corrected chi connectivity index (χ2v) is 8.71. The third-order valence-electron chi connectivity index (χ3n) is 6.64. The first-order valence-electron chi connectivity index (χ1n) is 11.3. The number of piperidine rings is 1. The average molecular weight is 431 g/mol. The van der Waals surface area contributed by atoms with E-state index in [4.69, 9.17) is 0 Å². The molecule has 0 atom stereocenters. The summed E-state index contributed by atoms with van der Waals surface area (Å²) in [5.74, 6) is 0.0416. The summed E-state index contributed by atoms with van der Waals surface area (Å²) >= 11 is 0. The van der Waals surface area contributed by atoms with Crippen molar-refractivity contribution in [3.63, 3.8) is 0 Å². The van der Waals surface area contributed by atoms with Crippen LogP contribution >= 0.6 is 0 Å². The normalized spacial score (nSPS) is 16.8. The molecule has 2 aliphatic rings. The standard InChI is InChI=1S/C25H26N4O3/c30-24-20-9-4-5-10-21(20)25(31)23-22(24)26-29(32)28(23)14-6-13-27-15-11-19(12-16-27)17-18-7-2-1-3-8-18/h1-5,7-10,19H,6,11-17H2. The van der Waals surface area contributed by atoms with Crippen LogP contribution in [0.3, 0.4) is 0 Å². The molecule has 0 unspecified atom stereocenters. The number of rotatable bonds is 6. The molecule has 2 aromatic carbocycles. The van der Waals surface area contributed by atoms with Crippen LogP contribution in [0.2, 0.25) is 0 Å². The SMILES string of the molecule is O=C1c2ccccc2C(=O)c2c1n[n+]([O-])n2CCCN1CCC(Cc2ccccc2)CC1. The van der Waals surface area contributed by atoms with Gasteiger partial charge in [-0.1, -0.05) is 54.6 Å². The molecular formula is C25H26N4O3. The quantitative estimate of drug-likeness (QED) is 0.347. The number of ketones is 2. The molecule has 0 amide bonds. The maximum absolute atomic E-state index is 13.0. The van der Waals surface area contributed by atoms with Gasteiger partial charge in [0.25, 0.3) is 0 Å². The molecule has 1 aliphatic heterocycles. The van der Waals surface area contributed by atoms with Crippen molar-refractivity contribution in [3.05, 3.63) is 87.9 Å². The van der Waals surface area contributed by atoms with Crippen molar-refractivity contribution in [2.75, 3.05) is 19.6 Å². The Hall–Kier alpha value is -3.32. The zero-order valence-corrected chi connectivity index (χ0v) is 17.9. The van der Waals surface area contributed by atoms with E-state index in [1.165, 1.54) is 23.1 Å². The van der Waals surface area contributed by atoms with Gasteiger partial charge in [0.05, 0.1) is 6.54 Å². The summed E-state index contributed by atoms with van der Waals surface area (Å²) in [5, 5.41) is 16.2. The highest BCUT2D eigenvalue weighted by molar-refractivity contribution is 6.26. The third kappa shape index (κ3) is 3.84. The van der Waals surface area contributed by atoms with Crippen molar-refractivity contribution in [2.45, 2.75) is 32.2 Å². The predicted octanol–water partition coefficient (Wildman–Crippen LogP) is 2.64. The van der Waals surface area contributed by atoms with Gasteiger partial charge >= 0.3 is 0 Å². The van der Waals surface area contributed by atoms with Gasteiger partial charge in [-0.05, 0) is 50.3 Å². The van der Waals surface area contributed by atoms with E-state index in [0.717, 1.165) is 32.5 Å². The van der Waals surface area contributed by atoms with Gasteiger partial charge in [0.2, 0.25) is 17.3 Å². The smallest absolute Gasteiger partial charge is 0.220 e. The van der Waals surface area contributed by atoms with Crippen LogP contribution in [0, 0.1) is 11.1 Å². The van der Waals surface area contributed by atoms with E-state index in [1.807, 2.05) is 0 Å². The number of carbonyl (C=O) groups is 2. The molecule has 5 rings (SSSR count). The zero-order chi connectivity index (χ0) is 22.1. The largest absolute Gasteiger partial charge is 0.571 e. The molecule has 3 aromatic rings. The molecule has 0 bridgehead atoms. The first-order chi connectivity index (χ1) is 15.6. The molecule has 2 heterocycles. The first-order valence-corrected chi connectivity index (χ1v) is 11.3. The zero-order valence-electron chi connectivity index (χ0n) is 17.9. The van der Waals surface area contributed by atoms with E-state index >= 15 is 0 Å². The molecule has 7 heteroatoms. The molecule has 7 nitrogen and oxygen atoms in total. The number of carbonyl (C=O) groups excluding carboxylic acids is 2. The van der Waals surface area contributed by atoms with E-state index in [2.05, 4.69) is 40.3 Å². The summed E-state index contributed by atoms with van der Waals surface area (Å²) < 4.78 is 1.31. The number of fused-ring (bicyclic) bond motifs is 2. The van der Waals surface area contributed by atoms with Gasteiger partial charge in [0, 0.05) is 27.7 Å². The van der Waals surface area contributed by atoms with Crippen molar-refractivity contribution in [1.82, 2.24) is 14.7 Å². The molecule has 32 heavy (non-hydrogen) atoms. The lowest BCUT2D eigenvalue weighted by molar-refractivity contribution is -0.749. The van der Waals surface area contributed by atoms with Gasteiger partial charge in [-0.3, -0.25) is 9.59 Å². The minimum Gasteiger partial charge on any atom is -0.571 e. The van der Waals surface area contributed by atoms with Gasteiger partial charge in [0.15, 0.2) is 5.69 Å². The summed E-state index contributed by atoms with van der Waals surface area (Å²) in [7, 11) is 0. The summed E-state index contributed by atoms with van der Waals surface area (Å²) in [4.78, 5) is 28.5. The Bertz CT molecular complexity index is 1150. The molecule has 1 saturated heterocycles. The second kappa shape index (κ2) is 8.67. The highest BCUT2D eigenvalue weighted by atomic mass is 16.5. The van der Waals surface area contributed by atoms with Crippen molar-refractivity contribution < 1.29 is 14.5 Å². The van der Waals surface area contributed by atoms with E-state index in [-0.39, 0.29) is 23.0 Å². The minimum atomic E-state index is -0.362. The van der Waals surface area contributed by atoms with E-state index in [9.17, 15) is 14.8 Å². The number of likely N-dealkylation sites (tertiary alicyclic amines) is 1. The Kier molecular flexibility index (Phi) is 5.57. The Morgan fingerprint density at radius 3 is 2.28 bits per heavy atom. The van der Waals surface area contributed by atoms with Gasteiger partial charge in [-0.2, -0.15) is 0 Å². The second-order valence-electron chi connectivity index (χ2n) is 8.71. The van der Waals surface area contributed by atoms with Crippen LogP contribution in [0.4, 0.5) is 0 Å². The summed E-state index contributed by atoms with van der Waals surface area (Å²) in [6.07, 6.45) is 4.18. The van der Waals surface area contributed by atoms with Crippen molar-refractivity contribution in [1.29, 1.82) is 0 Å². The van der Waals surface area contributed by atoms with Gasteiger partial charge in [0.1, 0.15) is 0 Å². The number of nitrogens with zero attached hydrogens (tertiary/aromatic N) is 4. The molecule has 0 radical (unpaired) electrons. The number of hydrogen-bond acceptors (Lipinski definition) is 5. The topological polar surface area (TPSA) is 82.1 Å². The fourth-order valence-electron chi connectivity index (χ4n) is 4.91. The van der Waals surface area contributed by atoms with E-state index < -0.39 is 0 Å². The first kappa shape index (κ1) is 20.6. The molecule has 1 fully saturated rings. The van der Waals surface area contributed by atoms with E-state index in [0.29, 0.717) is 28.5 Å². The number of benzene rings is 2. The lowest BCUT2D eigenvalue weighted by Crippen LogP contribution is -2.42. The minimum absolute atomic E-state index is 0.0366. The van der Waals surface area contributed by atoms with Gasteiger partial charge < -0.3 is 10.1 Å². The van der Waals surface area contributed by atoms with Crippen LogP contribution in [-0.2, 0) is 13.0 Å². The maximum Gasteiger partial charge on any atom is 0.220 e. The Morgan fingerprint density at radius 2 is 1.56 bits per heavy atom. The maximum atomic E-state index is 13.0. The lowest BCUT2D eigenvalue weighted by atomic mass is 9.90. The highest BCUT2D eigenvalue weighted by Crippen LogP contribution is 2.26. The van der Waals surface area contributed by atoms with Crippen molar-refractivity contribution in [2.24, 2.45) is 5.92 Å². The summed E-state index contributed by atoms with van der Waals surface area (Å²) in [6, 6.07) is 17.3. The van der Waals surface area contributed by atoms with Gasteiger partial charge in [-0.25, -0.2) is 0 Å². The molecule has 0 spiro atoms. The lowest BCUT2D eigenvalue weighted by Gasteiger charge is -2.32. The molecule has 0 N–H and O–H groups in total. The summed E-state index contributed by atoms with van der Waals surface area (Å²) in [5.41, 5.74) is 2.13. The van der Waals surface area contributed by atoms with Crippen molar-refractivity contribution >= 4 is 11.6 Å². The molecule has 164 valence electrons. The van der Waals surface area contributed by atoms with Gasteiger partial charge in [-0.15, -0.1) is 4.68 Å². The van der Waals surface area contributed by atoms with E-state index in [1.54, 1.807) is 24.3 Å². The number of aromatic nitrogens is 3. The van der Waals surface area contributed by atoms with Crippen LogP contribution in [0.5, 0.6) is 0 Å². The van der Waals surface area contributed by atoms with Crippen LogP contribution in [0.25, 0.3) is 0 Å². The Labute approximate surface area is 186 Å². The average Bonchev–Trinajstić information content (AvgIpc) is 3.16. The molecule has 0 saturated carbocycles. The molecular weight excluding hydrogens is 404 g/mol. The fraction of sp³-hybridized carbons (Fsp3) is 0.360. The molecule has 1 aromatic heterocycles. The van der Waals surface area contributed by atoms with Crippen LogP contribution in [0.15, 0.2) is 54.6 Å². The summed E-state index contributed by atoms with van der Waals surface area (Å²) in [6.45, 7) is 3.30. The Balaban J connectivity index is 1.19. The van der Waals surface area contributed by atoms with Crippen LogP contribution in [0.1, 0.15) is 56.9 Å². The van der Waals surface area contributed by atoms with Crippen LogP contribution in [-0.4, -0.2) is 45.9 Å².